The summed E-state index contributed by atoms with van der Waals surface area (Å²) in [5.41, 5.74) is -0.191. The number of nitrogens with zero attached hydrogens (tertiary/aromatic N) is 3. The molecule has 34 heavy (non-hydrogen) atoms. The Morgan fingerprint density at radius 1 is 0.941 bits per heavy atom. The maximum Gasteiger partial charge on any atom is 0.433 e. The lowest BCUT2D eigenvalue weighted by Crippen LogP contribution is -2.51. The first-order valence-corrected chi connectivity index (χ1v) is 13.2. The van der Waals surface area contributed by atoms with Crippen molar-refractivity contribution in [3.63, 3.8) is 0 Å². The Morgan fingerprint density at radius 3 is 2.03 bits per heavy atom. The highest BCUT2D eigenvalue weighted by Gasteiger charge is 2.37. The average Bonchev–Trinajstić information content (AvgIpc) is 2.85. The van der Waals surface area contributed by atoms with Gasteiger partial charge in [-0.25, -0.2) is 9.97 Å². The molecule has 1 amide bonds. The molecule has 8 heteroatoms. The molecule has 0 radical (unpaired) electrons. The molecule has 2 aliphatic carbocycles. The highest BCUT2D eigenvalue weighted by molar-refractivity contribution is 8.00. The van der Waals surface area contributed by atoms with Gasteiger partial charge in [0.25, 0.3) is 0 Å². The fraction of sp³-hybridized carbons (Fsp3) is 0.577. The van der Waals surface area contributed by atoms with Crippen molar-refractivity contribution in [1.29, 1.82) is 0 Å². The van der Waals surface area contributed by atoms with Crippen LogP contribution < -0.4 is 0 Å². The van der Waals surface area contributed by atoms with Gasteiger partial charge in [0.2, 0.25) is 5.91 Å². The molecule has 1 aromatic heterocycles. The summed E-state index contributed by atoms with van der Waals surface area (Å²) in [6.07, 6.45) is 6.36. The smallest absolute Gasteiger partial charge is 0.336 e. The molecule has 0 N–H and O–H groups in total. The highest BCUT2D eigenvalue weighted by atomic mass is 32.2. The van der Waals surface area contributed by atoms with E-state index < -0.39 is 17.1 Å². The second-order valence-corrected chi connectivity index (χ2v) is 10.7. The Kier molecular flexibility index (Phi) is 8.17. The van der Waals surface area contributed by atoms with Gasteiger partial charge in [-0.3, -0.25) is 4.79 Å². The lowest BCUT2D eigenvalue weighted by Gasteiger charge is -2.42. The molecule has 4 nitrogen and oxygen atoms in total. The monoisotopic (exact) mass is 491 g/mol. The highest BCUT2D eigenvalue weighted by Crippen LogP contribution is 2.35. The van der Waals surface area contributed by atoms with E-state index in [1.54, 1.807) is 37.3 Å². The third kappa shape index (κ3) is 6.12. The molecule has 1 heterocycles. The zero-order valence-corrected chi connectivity index (χ0v) is 20.4. The SMILES string of the molecule is C[C@H](Sc1nc(-c2ccccc2)cc(C(F)(F)F)n1)C(=O)N(C1CCCCC1)C1CCCCC1. The minimum atomic E-state index is -4.59. The molecule has 0 saturated heterocycles. The van der Waals surface area contributed by atoms with Crippen LogP contribution in [-0.2, 0) is 11.0 Å². The first kappa shape index (κ1) is 25.0. The summed E-state index contributed by atoms with van der Waals surface area (Å²) >= 11 is 1.03. The van der Waals surface area contributed by atoms with Crippen molar-refractivity contribution in [3.05, 3.63) is 42.1 Å². The van der Waals surface area contributed by atoms with Gasteiger partial charge in [0.15, 0.2) is 5.16 Å². The van der Waals surface area contributed by atoms with E-state index in [1.165, 1.54) is 12.8 Å². The number of benzene rings is 1. The molecule has 2 aliphatic rings. The first-order valence-electron chi connectivity index (χ1n) is 12.3. The number of halogens is 3. The van der Waals surface area contributed by atoms with E-state index >= 15 is 0 Å². The van der Waals surface area contributed by atoms with Crippen LogP contribution in [0.4, 0.5) is 13.2 Å². The van der Waals surface area contributed by atoms with Gasteiger partial charge in [0.1, 0.15) is 5.69 Å². The first-order chi connectivity index (χ1) is 16.3. The van der Waals surface area contributed by atoms with Crippen LogP contribution >= 0.6 is 11.8 Å². The Labute approximate surface area is 203 Å². The lowest BCUT2D eigenvalue weighted by molar-refractivity contribution is -0.141. The predicted octanol–water partition coefficient (Wildman–Crippen LogP) is 7.14. The summed E-state index contributed by atoms with van der Waals surface area (Å²) in [5, 5.41) is -0.572. The molecule has 1 atom stereocenters. The van der Waals surface area contributed by atoms with E-state index in [0.717, 1.165) is 69.2 Å². The van der Waals surface area contributed by atoms with Crippen LogP contribution in [0.3, 0.4) is 0 Å². The second-order valence-electron chi connectivity index (χ2n) is 9.37. The lowest BCUT2D eigenvalue weighted by atomic mass is 9.88. The molecule has 2 fully saturated rings. The Bertz CT molecular complexity index is 940. The maximum atomic E-state index is 13.7. The summed E-state index contributed by atoms with van der Waals surface area (Å²) in [5.74, 6) is 0.00562. The number of aromatic nitrogens is 2. The zero-order valence-electron chi connectivity index (χ0n) is 19.6. The van der Waals surface area contributed by atoms with Crippen LogP contribution in [0.2, 0.25) is 0 Å². The molecule has 0 unspecified atom stereocenters. The van der Waals surface area contributed by atoms with Gasteiger partial charge in [0.05, 0.1) is 10.9 Å². The van der Waals surface area contributed by atoms with Gasteiger partial charge < -0.3 is 4.90 Å². The van der Waals surface area contributed by atoms with Gasteiger partial charge in [-0.05, 0) is 38.7 Å². The Balaban J connectivity index is 1.59. The molecular weight excluding hydrogens is 459 g/mol. The number of amides is 1. The minimum absolute atomic E-state index is 0.00562. The van der Waals surface area contributed by atoms with Crippen molar-refractivity contribution < 1.29 is 18.0 Å². The molecular formula is C26H32F3N3OS. The summed E-state index contributed by atoms with van der Waals surface area (Å²) in [7, 11) is 0. The molecule has 2 aromatic rings. The fourth-order valence-electron chi connectivity index (χ4n) is 5.17. The molecule has 1 aromatic carbocycles. The van der Waals surface area contributed by atoms with Crippen LogP contribution in [0, 0.1) is 0 Å². The average molecular weight is 492 g/mol. The maximum absolute atomic E-state index is 13.7. The largest absolute Gasteiger partial charge is 0.433 e. The van der Waals surface area contributed by atoms with E-state index in [-0.39, 0.29) is 28.8 Å². The number of hydrogen-bond donors (Lipinski definition) is 0. The van der Waals surface area contributed by atoms with Crippen LogP contribution in [0.15, 0.2) is 41.6 Å². The summed E-state index contributed by atoms with van der Waals surface area (Å²) in [6.45, 7) is 1.78. The summed E-state index contributed by atoms with van der Waals surface area (Å²) in [6, 6.07) is 10.2. The van der Waals surface area contributed by atoms with Gasteiger partial charge in [0, 0.05) is 17.6 Å². The van der Waals surface area contributed by atoms with Gasteiger partial charge in [-0.1, -0.05) is 80.6 Å². The van der Waals surface area contributed by atoms with Gasteiger partial charge >= 0.3 is 6.18 Å². The quantitative estimate of drug-likeness (QED) is 0.318. The van der Waals surface area contributed by atoms with E-state index in [1.807, 2.05) is 0 Å². The number of carbonyl (C=O) groups excluding carboxylic acids is 1. The molecule has 2 saturated carbocycles. The van der Waals surface area contributed by atoms with E-state index in [9.17, 15) is 18.0 Å². The normalized spacial score (nSPS) is 19.1. The molecule has 0 bridgehead atoms. The van der Waals surface area contributed by atoms with Crippen molar-refractivity contribution in [2.75, 3.05) is 0 Å². The van der Waals surface area contributed by atoms with Crippen LogP contribution in [0.1, 0.15) is 76.8 Å². The van der Waals surface area contributed by atoms with Crippen molar-refractivity contribution in [3.8, 4) is 11.3 Å². The van der Waals surface area contributed by atoms with Crippen molar-refractivity contribution in [2.24, 2.45) is 0 Å². The van der Waals surface area contributed by atoms with Crippen molar-refractivity contribution in [2.45, 2.75) is 99.8 Å². The molecule has 184 valence electrons. The molecule has 0 aliphatic heterocycles. The fourth-order valence-corrected chi connectivity index (χ4v) is 6.02. The van der Waals surface area contributed by atoms with Gasteiger partial charge in [-0.2, -0.15) is 13.2 Å². The zero-order chi connectivity index (χ0) is 24.1. The topological polar surface area (TPSA) is 46.1 Å². The summed E-state index contributed by atoms with van der Waals surface area (Å²) in [4.78, 5) is 24.0. The van der Waals surface area contributed by atoms with Crippen LogP contribution in [0.5, 0.6) is 0 Å². The van der Waals surface area contributed by atoms with E-state index in [4.69, 9.17) is 0 Å². The number of hydrogen-bond acceptors (Lipinski definition) is 4. The van der Waals surface area contributed by atoms with E-state index in [2.05, 4.69) is 14.9 Å². The van der Waals surface area contributed by atoms with Crippen molar-refractivity contribution >= 4 is 17.7 Å². The summed E-state index contributed by atoms with van der Waals surface area (Å²) < 4.78 is 40.8. The van der Waals surface area contributed by atoms with Crippen LogP contribution in [0.25, 0.3) is 11.3 Å². The number of thioether (sulfide) groups is 1. The minimum Gasteiger partial charge on any atom is -0.336 e. The van der Waals surface area contributed by atoms with Crippen molar-refractivity contribution in [1.82, 2.24) is 14.9 Å². The van der Waals surface area contributed by atoms with E-state index in [0.29, 0.717) is 5.56 Å². The Morgan fingerprint density at radius 2 is 1.50 bits per heavy atom. The standard InChI is InChI=1S/C26H32F3N3OS/c1-18(24(33)32(20-13-7-3-8-14-20)21-15-9-4-10-16-21)34-25-30-22(19-11-5-2-6-12-19)17-23(31-25)26(27,28)29/h2,5-6,11-12,17-18,20-21H,3-4,7-10,13-16H2,1H3/t18-/m0/s1. The number of carbonyl (C=O) groups is 1. The second kappa shape index (κ2) is 11.1. The number of rotatable bonds is 6. The number of alkyl halides is 3. The third-order valence-corrected chi connectivity index (χ3v) is 7.83. The van der Waals surface area contributed by atoms with Gasteiger partial charge in [-0.15, -0.1) is 0 Å². The Hall–Kier alpha value is -2.09. The predicted molar refractivity (Wildman–Crippen MR) is 128 cm³/mol. The molecule has 4 rings (SSSR count). The third-order valence-electron chi connectivity index (χ3n) is 6.89. The molecule has 0 spiro atoms. The van der Waals surface area contributed by atoms with Crippen LogP contribution in [-0.4, -0.2) is 38.1 Å².